The molecule has 0 aromatic heterocycles. The van der Waals surface area contributed by atoms with Crippen LogP contribution in [-0.4, -0.2) is 19.0 Å². The maximum Gasteiger partial charge on any atom is 0.322 e. The summed E-state index contributed by atoms with van der Waals surface area (Å²) in [6.07, 6.45) is 0. The van der Waals surface area contributed by atoms with E-state index in [9.17, 15) is 9.59 Å². The lowest BCUT2D eigenvalue weighted by Crippen LogP contribution is -2.22. The highest BCUT2D eigenvalue weighted by molar-refractivity contribution is 9.10. The molecule has 0 saturated carbocycles. The molecule has 3 amide bonds. The van der Waals surface area contributed by atoms with Crippen molar-refractivity contribution in [3.05, 3.63) is 28.2 Å². The standard InChI is InChI=1S/C10H9BrN2O3/c1-16-7-3-2-5(11)4-6(7)8-9(14)13-10(15)12-8/h2-4,8H,1H3,(H2,12,13,14,15)/t8-/m1/s1. The number of halogens is 1. The molecular formula is C10H9BrN2O3. The Labute approximate surface area is 100 Å². The minimum atomic E-state index is -0.694. The molecule has 1 saturated heterocycles. The average molecular weight is 285 g/mol. The number of imide groups is 1. The van der Waals surface area contributed by atoms with Gasteiger partial charge >= 0.3 is 6.03 Å². The van der Waals surface area contributed by atoms with Crippen molar-refractivity contribution in [1.82, 2.24) is 10.6 Å². The molecule has 0 aliphatic carbocycles. The lowest BCUT2D eigenvalue weighted by atomic mass is 10.1. The number of urea groups is 1. The Morgan fingerprint density at radius 3 is 2.69 bits per heavy atom. The van der Waals surface area contributed by atoms with E-state index >= 15 is 0 Å². The number of nitrogens with one attached hydrogen (secondary N) is 2. The van der Waals surface area contributed by atoms with Crippen LogP contribution in [0, 0.1) is 0 Å². The molecule has 1 heterocycles. The van der Waals surface area contributed by atoms with Gasteiger partial charge < -0.3 is 10.1 Å². The van der Waals surface area contributed by atoms with Crippen LogP contribution < -0.4 is 15.4 Å². The van der Waals surface area contributed by atoms with E-state index in [1.807, 2.05) is 0 Å². The molecule has 0 unspecified atom stereocenters. The van der Waals surface area contributed by atoms with Gasteiger partial charge in [-0.25, -0.2) is 4.79 Å². The van der Waals surface area contributed by atoms with Crippen molar-refractivity contribution in [1.29, 1.82) is 0 Å². The normalized spacial score (nSPS) is 19.2. The van der Waals surface area contributed by atoms with Crippen molar-refractivity contribution in [3.63, 3.8) is 0 Å². The van der Waals surface area contributed by atoms with Crippen LogP contribution in [-0.2, 0) is 4.79 Å². The van der Waals surface area contributed by atoms with E-state index in [0.717, 1.165) is 4.47 Å². The summed E-state index contributed by atoms with van der Waals surface area (Å²) in [4.78, 5) is 22.5. The highest BCUT2D eigenvalue weighted by atomic mass is 79.9. The number of carbonyl (C=O) groups is 2. The van der Waals surface area contributed by atoms with Gasteiger partial charge in [-0.05, 0) is 18.2 Å². The predicted octanol–water partition coefficient (Wildman–Crippen LogP) is 1.34. The van der Waals surface area contributed by atoms with Gasteiger partial charge in [0, 0.05) is 10.0 Å². The van der Waals surface area contributed by atoms with Crippen LogP contribution in [0.4, 0.5) is 4.79 Å². The van der Waals surface area contributed by atoms with Gasteiger partial charge in [-0.2, -0.15) is 0 Å². The molecule has 1 fully saturated rings. The number of methoxy groups -OCH3 is 1. The summed E-state index contributed by atoms with van der Waals surface area (Å²) >= 11 is 3.31. The van der Waals surface area contributed by atoms with Crippen molar-refractivity contribution in [2.24, 2.45) is 0 Å². The molecule has 2 rings (SSSR count). The average Bonchev–Trinajstić information content (AvgIpc) is 2.57. The summed E-state index contributed by atoms with van der Waals surface area (Å²) in [6, 6.07) is 4.10. The van der Waals surface area contributed by atoms with Crippen molar-refractivity contribution in [2.45, 2.75) is 6.04 Å². The zero-order valence-corrected chi connectivity index (χ0v) is 10.00. The summed E-state index contributed by atoms with van der Waals surface area (Å²) in [7, 11) is 1.52. The first-order valence-electron chi connectivity index (χ1n) is 4.56. The second kappa shape index (κ2) is 4.13. The smallest absolute Gasteiger partial charge is 0.322 e. The van der Waals surface area contributed by atoms with E-state index in [1.165, 1.54) is 7.11 Å². The Balaban J connectivity index is 2.42. The Morgan fingerprint density at radius 2 is 2.12 bits per heavy atom. The van der Waals surface area contributed by atoms with E-state index in [2.05, 4.69) is 26.6 Å². The maximum atomic E-state index is 11.5. The second-order valence-corrected chi connectivity index (χ2v) is 4.20. The molecule has 6 heteroatoms. The van der Waals surface area contributed by atoms with Gasteiger partial charge in [0.25, 0.3) is 5.91 Å². The molecule has 1 aliphatic rings. The zero-order chi connectivity index (χ0) is 11.7. The largest absolute Gasteiger partial charge is 0.496 e. The van der Waals surface area contributed by atoms with Gasteiger partial charge in [0.1, 0.15) is 11.8 Å². The number of carbonyl (C=O) groups excluding carboxylic acids is 2. The van der Waals surface area contributed by atoms with Crippen molar-refractivity contribution >= 4 is 27.9 Å². The van der Waals surface area contributed by atoms with Crippen LogP contribution in [0.3, 0.4) is 0 Å². The van der Waals surface area contributed by atoms with Gasteiger partial charge in [-0.1, -0.05) is 15.9 Å². The molecule has 0 spiro atoms. The molecule has 1 aliphatic heterocycles. The summed E-state index contributed by atoms with van der Waals surface area (Å²) in [6.45, 7) is 0. The molecule has 0 radical (unpaired) electrons. The summed E-state index contributed by atoms with van der Waals surface area (Å²) < 4.78 is 5.96. The highest BCUT2D eigenvalue weighted by Gasteiger charge is 2.32. The fourth-order valence-electron chi connectivity index (χ4n) is 1.57. The minimum absolute atomic E-state index is 0.374. The summed E-state index contributed by atoms with van der Waals surface area (Å²) in [5.41, 5.74) is 0.625. The zero-order valence-electron chi connectivity index (χ0n) is 8.41. The number of rotatable bonds is 2. The van der Waals surface area contributed by atoms with Gasteiger partial charge in [0.05, 0.1) is 7.11 Å². The monoisotopic (exact) mass is 284 g/mol. The molecule has 5 nitrogen and oxygen atoms in total. The lowest BCUT2D eigenvalue weighted by molar-refractivity contribution is -0.120. The summed E-state index contributed by atoms with van der Waals surface area (Å²) in [5, 5.41) is 4.70. The van der Waals surface area contributed by atoms with Gasteiger partial charge in [-0.3, -0.25) is 10.1 Å². The first kappa shape index (κ1) is 10.9. The summed E-state index contributed by atoms with van der Waals surface area (Å²) in [5.74, 6) is 0.187. The third kappa shape index (κ3) is 1.88. The quantitative estimate of drug-likeness (QED) is 0.806. The SMILES string of the molecule is COc1ccc(Br)cc1[C@H]1NC(=O)NC1=O. The van der Waals surface area contributed by atoms with Crippen LogP contribution >= 0.6 is 15.9 Å². The number of amides is 3. The second-order valence-electron chi connectivity index (χ2n) is 3.28. The van der Waals surface area contributed by atoms with Crippen LogP contribution in [0.25, 0.3) is 0 Å². The third-order valence-corrected chi connectivity index (χ3v) is 2.77. The van der Waals surface area contributed by atoms with E-state index in [0.29, 0.717) is 11.3 Å². The van der Waals surface area contributed by atoms with E-state index < -0.39 is 12.1 Å². The predicted molar refractivity (Wildman–Crippen MR) is 60.1 cm³/mol. The number of hydrogen-bond donors (Lipinski definition) is 2. The number of hydrogen-bond acceptors (Lipinski definition) is 3. The topological polar surface area (TPSA) is 67.4 Å². The molecule has 84 valence electrons. The number of benzene rings is 1. The molecule has 1 aromatic rings. The lowest BCUT2D eigenvalue weighted by Gasteiger charge is -2.12. The van der Waals surface area contributed by atoms with Crippen LogP contribution in [0.15, 0.2) is 22.7 Å². The molecule has 1 atom stereocenters. The highest BCUT2D eigenvalue weighted by Crippen LogP contribution is 2.29. The third-order valence-electron chi connectivity index (χ3n) is 2.28. The van der Waals surface area contributed by atoms with Crippen LogP contribution in [0.1, 0.15) is 11.6 Å². The maximum absolute atomic E-state index is 11.5. The van der Waals surface area contributed by atoms with Gasteiger partial charge in [0.15, 0.2) is 0 Å². The van der Waals surface area contributed by atoms with Crippen LogP contribution in [0.5, 0.6) is 5.75 Å². The van der Waals surface area contributed by atoms with Crippen molar-refractivity contribution in [3.8, 4) is 5.75 Å². The Kier molecular flexibility index (Phi) is 2.82. The van der Waals surface area contributed by atoms with Gasteiger partial charge in [0.2, 0.25) is 0 Å². The minimum Gasteiger partial charge on any atom is -0.496 e. The molecule has 0 bridgehead atoms. The molecular weight excluding hydrogens is 276 g/mol. The fourth-order valence-corrected chi connectivity index (χ4v) is 1.95. The van der Waals surface area contributed by atoms with Crippen molar-refractivity contribution in [2.75, 3.05) is 7.11 Å². The Morgan fingerprint density at radius 1 is 1.38 bits per heavy atom. The van der Waals surface area contributed by atoms with Crippen LogP contribution in [0.2, 0.25) is 0 Å². The fraction of sp³-hybridized carbons (Fsp3) is 0.200. The van der Waals surface area contributed by atoms with Crippen molar-refractivity contribution < 1.29 is 14.3 Å². The first-order valence-corrected chi connectivity index (χ1v) is 5.36. The van der Waals surface area contributed by atoms with E-state index in [1.54, 1.807) is 18.2 Å². The molecule has 1 aromatic carbocycles. The molecule has 16 heavy (non-hydrogen) atoms. The van der Waals surface area contributed by atoms with Gasteiger partial charge in [-0.15, -0.1) is 0 Å². The van der Waals surface area contributed by atoms with E-state index in [4.69, 9.17) is 4.74 Å². The van der Waals surface area contributed by atoms with E-state index in [-0.39, 0.29) is 5.91 Å². The number of ether oxygens (including phenoxy) is 1. The first-order chi connectivity index (χ1) is 7.61. The Hall–Kier alpha value is -1.56. The Bertz CT molecular complexity index is 461. The molecule has 2 N–H and O–H groups in total.